The van der Waals surface area contributed by atoms with Gasteiger partial charge < -0.3 is 10.1 Å². The Kier molecular flexibility index (Phi) is 6.22. The molecular weight excluding hydrogens is 324 g/mol. The van der Waals surface area contributed by atoms with E-state index < -0.39 is 23.4 Å². The van der Waals surface area contributed by atoms with Crippen molar-refractivity contribution in [3.8, 4) is 0 Å². The molecule has 0 aliphatic heterocycles. The van der Waals surface area contributed by atoms with Crippen LogP contribution in [0, 0.1) is 17.0 Å². The molecule has 0 spiro atoms. The number of carbonyl (C=O) groups is 2. The molecule has 0 unspecified atom stereocenters. The van der Waals surface area contributed by atoms with Crippen LogP contribution in [0.15, 0.2) is 48.5 Å². The molecule has 0 radical (unpaired) electrons. The Hall–Kier alpha value is -3.22. The molecule has 7 heteroatoms. The summed E-state index contributed by atoms with van der Waals surface area (Å²) in [6, 6.07) is 13.9. The van der Waals surface area contributed by atoms with E-state index in [1.54, 1.807) is 13.0 Å². The fourth-order valence-electron chi connectivity index (χ4n) is 2.25. The number of aryl methyl sites for hydroxylation is 2. The highest BCUT2D eigenvalue weighted by Crippen LogP contribution is 2.27. The van der Waals surface area contributed by atoms with E-state index >= 15 is 0 Å². The summed E-state index contributed by atoms with van der Waals surface area (Å²) in [5.74, 6) is -1.12. The highest BCUT2D eigenvalue weighted by molar-refractivity contribution is 5.95. The maximum Gasteiger partial charge on any atom is 0.306 e. The summed E-state index contributed by atoms with van der Waals surface area (Å²) in [6.45, 7) is 1.16. The van der Waals surface area contributed by atoms with E-state index in [0.717, 1.165) is 5.56 Å². The lowest BCUT2D eigenvalue weighted by molar-refractivity contribution is -0.384. The van der Waals surface area contributed by atoms with Gasteiger partial charge in [0.15, 0.2) is 6.61 Å². The third-order valence-electron chi connectivity index (χ3n) is 3.54. The first-order chi connectivity index (χ1) is 12.0. The van der Waals surface area contributed by atoms with Gasteiger partial charge in [-0.3, -0.25) is 19.7 Å². The Morgan fingerprint density at radius 2 is 1.84 bits per heavy atom. The van der Waals surface area contributed by atoms with Gasteiger partial charge >= 0.3 is 5.97 Å². The number of hydrogen-bond donors (Lipinski definition) is 1. The third-order valence-corrected chi connectivity index (χ3v) is 3.54. The number of hydrogen-bond acceptors (Lipinski definition) is 5. The Morgan fingerprint density at radius 3 is 2.52 bits per heavy atom. The van der Waals surface area contributed by atoms with Crippen molar-refractivity contribution < 1.29 is 19.2 Å². The van der Waals surface area contributed by atoms with Gasteiger partial charge in [0.05, 0.1) is 4.92 Å². The second-order valence-electron chi connectivity index (χ2n) is 5.42. The van der Waals surface area contributed by atoms with Crippen LogP contribution in [0.5, 0.6) is 0 Å². The van der Waals surface area contributed by atoms with Crippen molar-refractivity contribution in [2.24, 2.45) is 0 Å². The molecule has 0 aliphatic rings. The van der Waals surface area contributed by atoms with E-state index in [4.69, 9.17) is 4.74 Å². The van der Waals surface area contributed by atoms with Gasteiger partial charge in [0, 0.05) is 12.5 Å². The summed E-state index contributed by atoms with van der Waals surface area (Å²) in [4.78, 5) is 34.0. The number of amides is 1. The SMILES string of the molecule is Cc1cccc([N+](=O)[O-])c1NC(=O)COC(=O)CCc1ccccc1. The van der Waals surface area contributed by atoms with Crippen LogP contribution < -0.4 is 5.32 Å². The van der Waals surface area contributed by atoms with Gasteiger partial charge in [0.1, 0.15) is 5.69 Å². The topological polar surface area (TPSA) is 98.5 Å². The third kappa shape index (κ3) is 5.42. The molecule has 7 nitrogen and oxygen atoms in total. The number of esters is 1. The highest BCUT2D eigenvalue weighted by Gasteiger charge is 2.18. The maximum atomic E-state index is 11.9. The molecule has 0 fully saturated rings. The quantitative estimate of drug-likeness (QED) is 0.474. The van der Waals surface area contributed by atoms with Crippen LogP contribution in [0.4, 0.5) is 11.4 Å². The first kappa shape index (κ1) is 18.1. The molecule has 130 valence electrons. The maximum absolute atomic E-state index is 11.9. The minimum absolute atomic E-state index is 0.109. The molecule has 0 atom stereocenters. The zero-order chi connectivity index (χ0) is 18.2. The van der Waals surface area contributed by atoms with Crippen LogP contribution in [0.25, 0.3) is 0 Å². The molecule has 2 rings (SSSR count). The van der Waals surface area contributed by atoms with Crippen molar-refractivity contribution in [1.29, 1.82) is 0 Å². The van der Waals surface area contributed by atoms with E-state index in [2.05, 4.69) is 5.32 Å². The first-order valence-electron chi connectivity index (χ1n) is 7.71. The zero-order valence-electron chi connectivity index (χ0n) is 13.7. The Morgan fingerprint density at radius 1 is 1.12 bits per heavy atom. The molecule has 2 aromatic rings. The minimum Gasteiger partial charge on any atom is -0.456 e. The number of nitrogens with zero attached hydrogens (tertiary/aromatic N) is 1. The highest BCUT2D eigenvalue weighted by atomic mass is 16.6. The van der Waals surface area contributed by atoms with Gasteiger partial charge in [-0.05, 0) is 24.5 Å². The van der Waals surface area contributed by atoms with Crippen molar-refractivity contribution >= 4 is 23.3 Å². The average molecular weight is 342 g/mol. The summed E-state index contributed by atoms with van der Waals surface area (Å²) in [7, 11) is 0. The number of para-hydroxylation sites is 1. The number of anilines is 1. The van der Waals surface area contributed by atoms with Gasteiger partial charge in [0.2, 0.25) is 0 Å². The second-order valence-corrected chi connectivity index (χ2v) is 5.42. The lowest BCUT2D eigenvalue weighted by Crippen LogP contribution is -2.22. The van der Waals surface area contributed by atoms with Crippen molar-refractivity contribution in [2.45, 2.75) is 19.8 Å². The monoisotopic (exact) mass is 342 g/mol. The molecule has 0 heterocycles. The molecule has 0 aromatic heterocycles. The van der Waals surface area contributed by atoms with Crippen molar-refractivity contribution in [1.82, 2.24) is 0 Å². The molecule has 1 amide bonds. The molecule has 0 saturated heterocycles. The fourth-order valence-corrected chi connectivity index (χ4v) is 2.25. The van der Waals surface area contributed by atoms with Crippen LogP contribution in [-0.4, -0.2) is 23.4 Å². The molecule has 0 bridgehead atoms. The van der Waals surface area contributed by atoms with Gasteiger partial charge in [-0.1, -0.05) is 42.5 Å². The summed E-state index contributed by atoms with van der Waals surface area (Å²) in [5.41, 5.74) is 1.46. The number of ether oxygens (including phenoxy) is 1. The molecule has 1 N–H and O–H groups in total. The van der Waals surface area contributed by atoms with Gasteiger partial charge in [-0.2, -0.15) is 0 Å². The number of nitrogens with one attached hydrogen (secondary N) is 1. The van der Waals surface area contributed by atoms with E-state index in [0.29, 0.717) is 12.0 Å². The lowest BCUT2D eigenvalue weighted by Gasteiger charge is -2.09. The van der Waals surface area contributed by atoms with Crippen molar-refractivity contribution in [3.63, 3.8) is 0 Å². The van der Waals surface area contributed by atoms with Crippen LogP contribution in [0.2, 0.25) is 0 Å². The van der Waals surface area contributed by atoms with Crippen molar-refractivity contribution in [3.05, 3.63) is 69.8 Å². The average Bonchev–Trinajstić information content (AvgIpc) is 2.60. The molecular formula is C18H18N2O5. The summed E-state index contributed by atoms with van der Waals surface area (Å²) in [6.07, 6.45) is 0.673. The number of nitro groups is 1. The summed E-state index contributed by atoms with van der Waals surface area (Å²) >= 11 is 0. The fraction of sp³-hybridized carbons (Fsp3) is 0.222. The van der Waals surface area contributed by atoms with E-state index in [1.165, 1.54) is 12.1 Å². The van der Waals surface area contributed by atoms with E-state index in [9.17, 15) is 19.7 Å². The van der Waals surface area contributed by atoms with Gasteiger partial charge in [-0.15, -0.1) is 0 Å². The van der Waals surface area contributed by atoms with Crippen molar-refractivity contribution in [2.75, 3.05) is 11.9 Å². The van der Waals surface area contributed by atoms with Crippen LogP contribution in [-0.2, 0) is 20.7 Å². The molecule has 0 aliphatic carbocycles. The Balaban J connectivity index is 1.85. The standard InChI is InChI=1S/C18H18N2O5/c1-13-6-5-9-15(20(23)24)18(13)19-16(21)12-25-17(22)11-10-14-7-3-2-4-8-14/h2-9H,10-12H2,1H3,(H,19,21). The number of rotatable bonds is 7. The van der Waals surface area contributed by atoms with Crippen LogP contribution in [0.3, 0.4) is 0 Å². The number of nitro benzene ring substituents is 1. The minimum atomic E-state index is -0.620. The largest absolute Gasteiger partial charge is 0.456 e. The van der Waals surface area contributed by atoms with Gasteiger partial charge in [-0.25, -0.2) is 0 Å². The summed E-state index contributed by atoms with van der Waals surface area (Å²) in [5, 5.41) is 13.4. The van der Waals surface area contributed by atoms with Gasteiger partial charge in [0.25, 0.3) is 11.6 Å². The lowest BCUT2D eigenvalue weighted by atomic mass is 10.1. The second kappa shape index (κ2) is 8.58. The molecule has 25 heavy (non-hydrogen) atoms. The normalized spacial score (nSPS) is 10.1. The molecule has 0 saturated carbocycles. The predicted molar refractivity (Wildman–Crippen MR) is 92.2 cm³/mol. The first-order valence-corrected chi connectivity index (χ1v) is 7.71. The summed E-state index contributed by atoms with van der Waals surface area (Å²) < 4.78 is 4.92. The van der Waals surface area contributed by atoms with E-state index in [1.807, 2.05) is 30.3 Å². The smallest absolute Gasteiger partial charge is 0.306 e. The predicted octanol–water partition coefficient (Wildman–Crippen LogP) is 3.02. The van der Waals surface area contributed by atoms with Crippen LogP contribution in [0.1, 0.15) is 17.5 Å². The molecule has 2 aromatic carbocycles. The van der Waals surface area contributed by atoms with Crippen LogP contribution >= 0.6 is 0 Å². The zero-order valence-corrected chi connectivity index (χ0v) is 13.7. The van der Waals surface area contributed by atoms with E-state index in [-0.39, 0.29) is 17.8 Å². The number of benzene rings is 2. The Labute approximate surface area is 144 Å². The Bertz CT molecular complexity index is 774. The number of carbonyl (C=O) groups excluding carboxylic acids is 2.